The van der Waals surface area contributed by atoms with Gasteiger partial charge in [0.05, 0.1) is 0 Å². The molecule has 1 aromatic carbocycles. The third-order valence-corrected chi connectivity index (χ3v) is 3.36. The van der Waals surface area contributed by atoms with Gasteiger partial charge in [-0.1, -0.05) is 32.0 Å². The van der Waals surface area contributed by atoms with Gasteiger partial charge in [0, 0.05) is 23.8 Å². The normalized spacial score (nSPS) is 19.5. The van der Waals surface area contributed by atoms with Gasteiger partial charge in [0.25, 0.3) is 0 Å². The van der Waals surface area contributed by atoms with Crippen molar-refractivity contribution >= 4 is 12.0 Å². The molecule has 1 aromatic rings. The van der Waals surface area contributed by atoms with E-state index >= 15 is 0 Å². The summed E-state index contributed by atoms with van der Waals surface area (Å²) in [5, 5.41) is 9.05. The molecule has 0 aliphatic carbocycles. The summed E-state index contributed by atoms with van der Waals surface area (Å²) in [7, 11) is 1.89. The van der Waals surface area contributed by atoms with Crippen LogP contribution in [0.15, 0.2) is 35.5 Å². The summed E-state index contributed by atoms with van der Waals surface area (Å²) in [5.74, 6) is 0. The lowest BCUT2D eigenvalue weighted by Gasteiger charge is -2.24. The van der Waals surface area contributed by atoms with E-state index in [2.05, 4.69) is 0 Å². The number of hydrogen-bond donors (Lipinski definition) is 0. The monoisotopic (exact) mass is 226 g/mol. The van der Waals surface area contributed by atoms with E-state index in [0.717, 1.165) is 16.9 Å². The van der Waals surface area contributed by atoms with Gasteiger partial charge in [-0.05, 0) is 11.6 Å². The number of aldehydes is 1. The molecule has 0 radical (unpaired) electrons. The summed E-state index contributed by atoms with van der Waals surface area (Å²) in [6.07, 6.45) is 0.638. The van der Waals surface area contributed by atoms with E-state index in [1.165, 1.54) is 0 Å². The van der Waals surface area contributed by atoms with Crippen molar-refractivity contribution in [1.29, 1.82) is 5.26 Å². The standard InChI is InChI=1S/C14H14N2O/c1-14(2)11-6-4-5-7-12(11)16(3)13(14)10(8-15)9-17/h4-7,9H,1-3H3/b13-10-. The molecule has 1 aliphatic rings. The lowest BCUT2D eigenvalue weighted by Crippen LogP contribution is -2.25. The van der Waals surface area contributed by atoms with Crippen molar-refractivity contribution in [2.75, 3.05) is 11.9 Å². The molecule has 0 amide bonds. The highest BCUT2D eigenvalue weighted by Gasteiger charge is 2.40. The molecular weight excluding hydrogens is 212 g/mol. The summed E-state index contributed by atoms with van der Waals surface area (Å²) in [6.45, 7) is 4.07. The van der Waals surface area contributed by atoms with Crippen molar-refractivity contribution in [2.24, 2.45) is 0 Å². The first-order valence-corrected chi connectivity index (χ1v) is 5.47. The number of nitrogens with zero attached hydrogens (tertiary/aromatic N) is 2. The first kappa shape index (κ1) is 11.4. The highest BCUT2D eigenvalue weighted by atomic mass is 16.1. The van der Waals surface area contributed by atoms with Crippen LogP contribution in [0.3, 0.4) is 0 Å². The van der Waals surface area contributed by atoms with Crippen LogP contribution in [0.25, 0.3) is 0 Å². The summed E-state index contributed by atoms with van der Waals surface area (Å²) in [6, 6.07) is 9.96. The fraction of sp³-hybridized carbons (Fsp3) is 0.286. The maximum Gasteiger partial charge on any atom is 0.162 e. The quantitative estimate of drug-likeness (QED) is 0.419. The van der Waals surface area contributed by atoms with Gasteiger partial charge in [-0.15, -0.1) is 0 Å². The first-order chi connectivity index (χ1) is 8.04. The highest BCUT2D eigenvalue weighted by molar-refractivity contribution is 5.85. The van der Waals surface area contributed by atoms with Gasteiger partial charge in [-0.25, -0.2) is 0 Å². The van der Waals surface area contributed by atoms with Gasteiger partial charge in [-0.2, -0.15) is 5.26 Å². The Hall–Kier alpha value is -2.08. The molecule has 17 heavy (non-hydrogen) atoms. The van der Waals surface area contributed by atoms with Crippen molar-refractivity contribution in [1.82, 2.24) is 0 Å². The van der Waals surface area contributed by atoms with Crippen LogP contribution in [0, 0.1) is 11.3 Å². The van der Waals surface area contributed by atoms with Crippen molar-refractivity contribution in [3.05, 3.63) is 41.1 Å². The topological polar surface area (TPSA) is 44.1 Å². The molecule has 86 valence electrons. The molecule has 3 nitrogen and oxygen atoms in total. The number of allylic oxidation sites excluding steroid dienone is 2. The number of benzene rings is 1. The van der Waals surface area contributed by atoms with E-state index in [-0.39, 0.29) is 11.0 Å². The predicted molar refractivity (Wildman–Crippen MR) is 66.6 cm³/mol. The maximum atomic E-state index is 11.0. The van der Waals surface area contributed by atoms with Crippen molar-refractivity contribution < 1.29 is 4.79 Å². The summed E-state index contributed by atoms with van der Waals surface area (Å²) < 4.78 is 0. The average Bonchev–Trinajstić information content (AvgIpc) is 2.53. The minimum atomic E-state index is -0.308. The van der Waals surface area contributed by atoms with Crippen LogP contribution < -0.4 is 4.90 Å². The molecule has 1 aliphatic heterocycles. The number of para-hydroxylation sites is 1. The molecule has 0 fully saturated rings. The molecule has 0 saturated heterocycles. The Labute approximate surface area is 101 Å². The Morgan fingerprint density at radius 3 is 2.59 bits per heavy atom. The summed E-state index contributed by atoms with van der Waals surface area (Å²) >= 11 is 0. The zero-order chi connectivity index (χ0) is 12.6. The molecule has 3 heteroatoms. The maximum absolute atomic E-state index is 11.0. The van der Waals surface area contributed by atoms with Crippen LogP contribution >= 0.6 is 0 Å². The van der Waals surface area contributed by atoms with E-state index in [1.807, 2.05) is 56.1 Å². The van der Waals surface area contributed by atoms with Crippen molar-refractivity contribution in [3.63, 3.8) is 0 Å². The zero-order valence-electron chi connectivity index (χ0n) is 10.2. The number of carbonyl (C=O) groups excluding carboxylic acids is 1. The van der Waals surface area contributed by atoms with Crippen LogP contribution in [0.2, 0.25) is 0 Å². The Bertz CT molecular complexity index is 550. The molecule has 0 saturated carbocycles. The fourth-order valence-corrected chi connectivity index (χ4v) is 2.61. The third kappa shape index (κ3) is 1.45. The fourth-order valence-electron chi connectivity index (χ4n) is 2.61. The Morgan fingerprint density at radius 2 is 2.06 bits per heavy atom. The molecule has 2 rings (SSSR count). The molecule has 0 bridgehead atoms. The average molecular weight is 226 g/mol. The molecule has 0 spiro atoms. The Kier molecular flexibility index (Phi) is 2.51. The second-order valence-electron chi connectivity index (χ2n) is 4.69. The molecule has 0 aromatic heterocycles. The third-order valence-electron chi connectivity index (χ3n) is 3.36. The summed E-state index contributed by atoms with van der Waals surface area (Å²) in [4.78, 5) is 12.9. The molecule has 0 N–H and O–H groups in total. The van der Waals surface area contributed by atoms with Crippen LogP contribution in [0.1, 0.15) is 19.4 Å². The number of likely N-dealkylation sites (N-methyl/N-ethyl adjacent to an activating group) is 1. The Balaban J connectivity index is 2.75. The van der Waals surface area contributed by atoms with E-state index in [0.29, 0.717) is 6.29 Å². The SMILES string of the molecule is CN1/C(=C(/C#N)C=O)C(C)(C)c2ccccc21. The predicted octanol–water partition coefficient (Wildman–Crippen LogP) is 2.39. The Morgan fingerprint density at radius 1 is 1.41 bits per heavy atom. The number of rotatable bonds is 1. The lowest BCUT2D eigenvalue weighted by atomic mass is 9.82. The molecule has 0 unspecified atom stereocenters. The van der Waals surface area contributed by atoms with Gasteiger partial charge < -0.3 is 4.90 Å². The van der Waals surface area contributed by atoms with Crippen LogP contribution in [0.5, 0.6) is 0 Å². The largest absolute Gasteiger partial charge is 0.346 e. The minimum Gasteiger partial charge on any atom is -0.346 e. The van der Waals surface area contributed by atoms with Crippen LogP contribution in [0.4, 0.5) is 5.69 Å². The summed E-state index contributed by atoms with van der Waals surface area (Å²) in [5.41, 5.74) is 2.87. The van der Waals surface area contributed by atoms with E-state index in [9.17, 15) is 4.79 Å². The highest BCUT2D eigenvalue weighted by Crippen LogP contribution is 2.47. The number of anilines is 1. The molecule has 1 heterocycles. The molecule has 0 atom stereocenters. The van der Waals surface area contributed by atoms with Gasteiger partial charge >= 0.3 is 0 Å². The van der Waals surface area contributed by atoms with Gasteiger partial charge in [0.1, 0.15) is 11.6 Å². The second-order valence-corrected chi connectivity index (χ2v) is 4.69. The van der Waals surface area contributed by atoms with Gasteiger partial charge in [0.2, 0.25) is 0 Å². The van der Waals surface area contributed by atoms with E-state index in [4.69, 9.17) is 5.26 Å². The molecular formula is C14H14N2O. The minimum absolute atomic E-state index is 0.203. The number of carbonyl (C=O) groups is 1. The van der Waals surface area contributed by atoms with E-state index in [1.54, 1.807) is 0 Å². The van der Waals surface area contributed by atoms with Crippen molar-refractivity contribution in [2.45, 2.75) is 19.3 Å². The zero-order valence-corrected chi connectivity index (χ0v) is 10.2. The van der Waals surface area contributed by atoms with E-state index < -0.39 is 0 Å². The van der Waals surface area contributed by atoms with Gasteiger partial charge in [-0.3, -0.25) is 4.79 Å². The van der Waals surface area contributed by atoms with Crippen LogP contribution in [-0.4, -0.2) is 13.3 Å². The second kappa shape index (κ2) is 3.74. The van der Waals surface area contributed by atoms with Crippen LogP contribution in [-0.2, 0) is 10.2 Å². The van der Waals surface area contributed by atoms with Gasteiger partial charge in [0.15, 0.2) is 6.29 Å². The number of hydrogen-bond acceptors (Lipinski definition) is 3. The number of fused-ring (bicyclic) bond motifs is 1. The smallest absolute Gasteiger partial charge is 0.162 e. The number of nitriles is 1. The lowest BCUT2D eigenvalue weighted by molar-refractivity contribution is -0.104. The first-order valence-electron chi connectivity index (χ1n) is 5.47. The van der Waals surface area contributed by atoms with Crippen molar-refractivity contribution in [3.8, 4) is 6.07 Å².